The fraction of sp³-hybridized carbons (Fsp3) is 0.350. The van der Waals surface area contributed by atoms with Crippen LogP contribution in [0.1, 0.15) is 42.2 Å². The summed E-state index contributed by atoms with van der Waals surface area (Å²) >= 11 is 0. The molecule has 3 rings (SSSR count). The first-order valence-electron chi connectivity index (χ1n) is 8.60. The highest BCUT2D eigenvalue weighted by molar-refractivity contribution is 5.94. The number of fused-ring (bicyclic) bond motifs is 1. The Morgan fingerprint density at radius 1 is 1.12 bits per heavy atom. The molecule has 25 heavy (non-hydrogen) atoms. The molecule has 0 radical (unpaired) electrons. The fourth-order valence-electron chi connectivity index (χ4n) is 2.62. The van der Waals surface area contributed by atoms with Crippen molar-refractivity contribution in [2.24, 2.45) is 0 Å². The first kappa shape index (κ1) is 17.1. The Morgan fingerprint density at radius 3 is 2.56 bits per heavy atom. The molecule has 0 saturated heterocycles. The quantitative estimate of drug-likeness (QED) is 0.870. The van der Waals surface area contributed by atoms with Crippen LogP contribution in [-0.2, 0) is 0 Å². The van der Waals surface area contributed by atoms with E-state index in [1.165, 1.54) is 0 Å². The van der Waals surface area contributed by atoms with Crippen molar-refractivity contribution in [3.05, 3.63) is 53.6 Å². The number of amides is 1. The first-order chi connectivity index (χ1) is 12.2. The van der Waals surface area contributed by atoms with Gasteiger partial charge in [0.1, 0.15) is 19.0 Å². The number of benzene rings is 2. The summed E-state index contributed by atoms with van der Waals surface area (Å²) in [6.45, 7) is 5.79. The molecule has 0 spiro atoms. The van der Waals surface area contributed by atoms with Gasteiger partial charge in [-0.1, -0.05) is 13.0 Å². The maximum absolute atomic E-state index is 12.4. The van der Waals surface area contributed by atoms with Crippen molar-refractivity contribution in [1.29, 1.82) is 0 Å². The van der Waals surface area contributed by atoms with Crippen LogP contribution in [0.15, 0.2) is 42.5 Å². The van der Waals surface area contributed by atoms with Crippen LogP contribution in [0.2, 0.25) is 0 Å². The van der Waals surface area contributed by atoms with E-state index in [1.54, 1.807) is 12.1 Å². The molecule has 2 aromatic carbocycles. The summed E-state index contributed by atoms with van der Waals surface area (Å²) < 4.78 is 16.7. The molecule has 1 unspecified atom stereocenters. The van der Waals surface area contributed by atoms with Crippen molar-refractivity contribution < 1.29 is 19.0 Å². The molecule has 1 aliphatic rings. The van der Waals surface area contributed by atoms with E-state index in [0.717, 1.165) is 29.2 Å². The molecule has 1 heterocycles. The fourth-order valence-corrected chi connectivity index (χ4v) is 2.62. The third-order valence-electron chi connectivity index (χ3n) is 4.00. The second-order valence-corrected chi connectivity index (χ2v) is 5.97. The summed E-state index contributed by atoms with van der Waals surface area (Å²) in [6, 6.07) is 12.8. The van der Waals surface area contributed by atoms with Crippen LogP contribution < -0.4 is 19.5 Å². The Hall–Kier alpha value is -2.69. The maximum atomic E-state index is 12.4. The third kappa shape index (κ3) is 4.24. The van der Waals surface area contributed by atoms with Crippen molar-refractivity contribution in [2.75, 3.05) is 19.8 Å². The van der Waals surface area contributed by atoms with Gasteiger partial charge in [0.15, 0.2) is 11.5 Å². The summed E-state index contributed by atoms with van der Waals surface area (Å²) in [4.78, 5) is 12.4. The van der Waals surface area contributed by atoms with E-state index in [1.807, 2.05) is 37.3 Å². The number of carbonyl (C=O) groups excluding carboxylic acids is 1. The van der Waals surface area contributed by atoms with Gasteiger partial charge >= 0.3 is 0 Å². The first-order valence-corrected chi connectivity index (χ1v) is 8.60. The maximum Gasteiger partial charge on any atom is 0.251 e. The summed E-state index contributed by atoms with van der Waals surface area (Å²) in [5.74, 6) is 2.13. The van der Waals surface area contributed by atoms with Gasteiger partial charge in [0.05, 0.1) is 12.6 Å². The standard InChI is InChI=1S/C20H23NO4/c1-3-10-23-17-7-4-15(5-8-17)20(22)21-14(2)16-6-9-18-19(13-16)25-12-11-24-18/h4-9,13-14H,3,10-12H2,1-2H3,(H,21,22). The van der Waals surface area contributed by atoms with Crippen LogP contribution >= 0.6 is 0 Å². The topological polar surface area (TPSA) is 56.8 Å². The molecule has 1 amide bonds. The van der Waals surface area contributed by atoms with E-state index in [-0.39, 0.29) is 11.9 Å². The van der Waals surface area contributed by atoms with E-state index in [0.29, 0.717) is 25.4 Å². The molecule has 0 saturated carbocycles. The largest absolute Gasteiger partial charge is 0.494 e. The minimum absolute atomic E-state index is 0.121. The summed E-state index contributed by atoms with van der Waals surface area (Å²) in [5.41, 5.74) is 1.58. The van der Waals surface area contributed by atoms with Crippen molar-refractivity contribution in [1.82, 2.24) is 5.32 Å². The number of ether oxygens (including phenoxy) is 3. The SMILES string of the molecule is CCCOc1ccc(C(=O)NC(C)c2ccc3c(c2)OCCO3)cc1. The zero-order valence-corrected chi connectivity index (χ0v) is 14.6. The molecule has 132 valence electrons. The molecule has 0 aliphatic carbocycles. The smallest absolute Gasteiger partial charge is 0.251 e. The van der Waals surface area contributed by atoms with E-state index in [4.69, 9.17) is 14.2 Å². The van der Waals surface area contributed by atoms with Crippen molar-refractivity contribution >= 4 is 5.91 Å². The molecule has 0 bridgehead atoms. The Kier molecular flexibility index (Phi) is 5.43. The van der Waals surface area contributed by atoms with E-state index >= 15 is 0 Å². The molecule has 1 N–H and O–H groups in total. The molecule has 1 atom stereocenters. The average molecular weight is 341 g/mol. The van der Waals surface area contributed by atoms with E-state index in [9.17, 15) is 4.79 Å². The van der Waals surface area contributed by atoms with Gasteiger partial charge in [-0.15, -0.1) is 0 Å². The number of hydrogen-bond donors (Lipinski definition) is 1. The van der Waals surface area contributed by atoms with Crippen LogP contribution in [0.3, 0.4) is 0 Å². The molecular formula is C20H23NO4. The monoisotopic (exact) mass is 341 g/mol. The zero-order valence-electron chi connectivity index (χ0n) is 14.6. The van der Waals surface area contributed by atoms with Crippen LogP contribution in [0.25, 0.3) is 0 Å². The summed E-state index contributed by atoms with van der Waals surface area (Å²) in [5, 5.41) is 3.01. The van der Waals surface area contributed by atoms with E-state index in [2.05, 4.69) is 12.2 Å². The number of rotatable bonds is 6. The van der Waals surface area contributed by atoms with Gasteiger partial charge in [0, 0.05) is 5.56 Å². The van der Waals surface area contributed by atoms with Crippen LogP contribution in [0, 0.1) is 0 Å². The minimum Gasteiger partial charge on any atom is -0.494 e. The highest BCUT2D eigenvalue weighted by atomic mass is 16.6. The predicted octanol–water partition coefficient (Wildman–Crippen LogP) is 3.74. The lowest BCUT2D eigenvalue weighted by atomic mass is 10.1. The average Bonchev–Trinajstić information content (AvgIpc) is 2.66. The molecule has 0 aromatic heterocycles. The number of nitrogens with one attached hydrogen (secondary N) is 1. The molecule has 5 heteroatoms. The van der Waals surface area contributed by atoms with Gasteiger partial charge in [0.2, 0.25) is 0 Å². The lowest BCUT2D eigenvalue weighted by molar-refractivity contribution is 0.0939. The zero-order chi connectivity index (χ0) is 17.6. The Morgan fingerprint density at radius 2 is 1.84 bits per heavy atom. The van der Waals surface area contributed by atoms with E-state index < -0.39 is 0 Å². The number of hydrogen-bond acceptors (Lipinski definition) is 4. The highest BCUT2D eigenvalue weighted by Crippen LogP contribution is 2.32. The van der Waals surface area contributed by atoms with Gasteiger partial charge < -0.3 is 19.5 Å². The second-order valence-electron chi connectivity index (χ2n) is 5.97. The third-order valence-corrected chi connectivity index (χ3v) is 4.00. The van der Waals surface area contributed by atoms with Gasteiger partial charge in [-0.05, 0) is 55.3 Å². The summed E-state index contributed by atoms with van der Waals surface area (Å²) in [6.07, 6.45) is 0.954. The van der Waals surface area contributed by atoms with Gasteiger partial charge in [-0.2, -0.15) is 0 Å². The lowest BCUT2D eigenvalue weighted by Crippen LogP contribution is -2.26. The Balaban J connectivity index is 1.64. The molecule has 2 aromatic rings. The molecule has 5 nitrogen and oxygen atoms in total. The van der Waals surface area contributed by atoms with Crippen LogP contribution in [-0.4, -0.2) is 25.7 Å². The van der Waals surface area contributed by atoms with Crippen molar-refractivity contribution in [3.8, 4) is 17.2 Å². The van der Waals surface area contributed by atoms with Gasteiger partial charge in [-0.25, -0.2) is 0 Å². The number of carbonyl (C=O) groups is 1. The molecule has 1 aliphatic heterocycles. The predicted molar refractivity (Wildman–Crippen MR) is 95.5 cm³/mol. The normalized spacial score (nSPS) is 13.8. The molecular weight excluding hydrogens is 318 g/mol. The van der Waals surface area contributed by atoms with Gasteiger partial charge in [0.25, 0.3) is 5.91 Å². The molecule has 0 fully saturated rings. The Bertz CT molecular complexity index is 727. The van der Waals surface area contributed by atoms with Crippen molar-refractivity contribution in [3.63, 3.8) is 0 Å². The van der Waals surface area contributed by atoms with Gasteiger partial charge in [-0.3, -0.25) is 4.79 Å². The lowest BCUT2D eigenvalue weighted by Gasteiger charge is -2.21. The second kappa shape index (κ2) is 7.92. The van der Waals surface area contributed by atoms with Crippen LogP contribution in [0.5, 0.6) is 17.2 Å². The van der Waals surface area contributed by atoms with Crippen molar-refractivity contribution in [2.45, 2.75) is 26.3 Å². The highest BCUT2D eigenvalue weighted by Gasteiger charge is 2.16. The Labute approximate surface area is 147 Å². The minimum atomic E-state index is -0.139. The summed E-state index contributed by atoms with van der Waals surface area (Å²) in [7, 11) is 0. The van der Waals surface area contributed by atoms with Crippen LogP contribution in [0.4, 0.5) is 0 Å².